The number of piperazine rings is 1. The molecule has 6 heteroatoms. The van der Waals surface area contributed by atoms with Gasteiger partial charge in [-0.2, -0.15) is 0 Å². The van der Waals surface area contributed by atoms with Crippen LogP contribution in [-0.4, -0.2) is 65.9 Å². The van der Waals surface area contributed by atoms with E-state index in [1.54, 1.807) is 0 Å². The van der Waals surface area contributed by atoms with Crippen LogP contribution in [0, 0.1) is 0 Å². The highest BCUT2D eigenvalue weighted by atomic mass is 16.2. The molecule has 6 nitrogen and oxygen atoms in total. The van der Waals surface area contributed by atoms with Crippen molar-refractivity contribution in [3.05, 3.63) is 35.9 Å². The fraction of sp³-hybridized carbons (Fsp3) is 0.619. The third-order valence-electron chi connectivity index (χ3n) is 5.87. The van der Waals surface area contributed by atoms with Crippen molar-refractivity contribution in [3.8, 4) is 0 Å². The van der Waals surface area contributed by atoms with Crippen molar-refractivity contribution in [2.75, 3.05) is 26.2 Å². The largest absolute Gasteiger partial charge is 0.353 e. The minimum atomic E-state index is -0.0689. The number of nitrogens with one attached hydrogen (secondary N) is 2. The first-order valence-electron chi connectivity index (χ1n) is 10.2. The third kappa shape index (κ3) is 4.87. The SMILES string of the molecule is CCN(CC)C(=O)CCC1CNC(=O)C2CC(NCc3ccccc3)CN12. The van der Waals surface area contributed by atoms with Crippen LogP contribution in [-0.2, 0) is 16.1 Å². The van der Waals surface area contributed by atoms with Gasteiger partial charge >= 0.3 is 0 Å². The Morgan fingerprint density at radius 1 is 1.26 bits per heavy atom. The molecule has 0 radical (unpaired) electrons. The second-order valence-corrected chi connectivity index (χ2v) is 7.52. The van der Waals surface area contributed by atoms with Crippen LogP contribution in [0.5, 0.6) is 0 Å². The first kappa shape index (κ1) is 19.8. The Morgan fingerprint density at radius 2 is 2.00 bits per heavy atom. The lowest BCUT2D eigenvalue weighted by atomic mass is 10.0. The molecular weight excluding hydrogens is 340 g/mol. The lowest BCUT2D eigenvalue weighted by Crippen LogP contribution is -2.58. The van der Waals surface area contributed by atoms with Crippen LogP contribution < -0.4 is 10.6 Å². The van der Waals surface area contributed by atoms with E-state index in [1.165, 1.54) is 5.56 Å². The number of carbonyl (C=O) groups is 2. The lowest BCUT2D eigenvalue weighted by molar-refractivity contribution is -0.132. The molecule has 1 aromatic carbocycles. The number of hydrogen-bond donors (Lipinski definition) is 2. The van der Waals surface area contributed by atoms with Gasteiger partial charge in [-0.05, 0) is 32.3 Å². The Hall–Kier alpha value is -1.92. The molecule has 27 heavy (non-hydrogen) atoms. The van der Waals surface area contributed by atoms with Crippen molar-refractivity contribution >= 4 is 11.8 Å². The molecule has 2 fully saturated rings. The molecule has 3 unspecified atom stereocenters. The van der Waals surface area contributed by atoms with Gasteiger partial charge in [0.05, 0.1) is 6.04 Å². The fourth-order valence-corrected chi connectivity index (χ4v) is 4.27. The average molecular weight is 373 g/mol. The summed E-state index contributed by atoms with van der Waals surface area (Å²) < 4.78 is 0. The Balaban J connectivity index is 1.54. The van der Waals surface area contributed by atoms with Gasteiger partial charge in [0.25, 0.3) is 0 Å². The van der Waals surface area contributed by atoms with Crippen molar-refractivity contribution in [1.82, 2.24) is 20.4 Å². The Bertz CT molecular complexity index is 632. The molecule has 3 atom stereocenters. The summed E-state index contributed by atoms with van der Waals surface area (Å²) in [5, 5.41) is 6.65. The van der Waals surface area contributed by atoms with E-state index >= 15 is 0 Å². The standard InChI is InChI=1S/C21H32N4O2/c1-3-24(4-2)20(26)11-10-18-14-23-21(27)19-12-17(15-25(18)19)22-13-16-8-6-5-7-9-16/h5-9,17-19,22H,3-4,10-15H2,1-2H3,(H,23,27). The molecule has 2 N–H and O–H groups in total. The van der Waals surface area contributed by atoms with Crippen LogP contribution in [0.1, 0.15) is 38.7 Å². The predicted octanol–water partition coefficient (Wildman–Crippen LogP) is 1.37. The number of carbonyl (C=O) groups excluding carboxylic acids is 2. The first-order chi connectivity index (χ1) is 13.1. The van der Waals surface area contributed by atoms with Crippen molar-refractivity contribution in [1.29, 1.82) is 0 Å². The van der Waals surface area contributed by atoms with Gasteiger partial charge in [-0.1, -0.05) is 30.3 Å². The summed E-state index contributed by atoms with van der Waals surface area (Å²) in [4.78, 5) is 28.9. The molecule has 0 bridgehead atoms. The summed E-state index contributed by atoms with van der Waals surface area (Å²) >= 11 is 0. The molecule has 0 saturated carbocycles. The first-order valence-corrected chi connectivity index (χ1v) is 10.2. The van der Waals surface area contributed by atoms with Crippen LogP contribution in [0.2, 0.25) is 0 Å². The highest BCUT2D eigenvalue weighted by Gasteiger charge is 2.43. The maximum Gasteiger partial charge on any atom is 0.237 e. The van der Waals surface area contributed by atoms with Crippen LogP contribution in [0.15, 0.2) is 30.3 Å². The Morgan fingerprint density at radius 3 is 2.70 bits per heavy atom. The molecule has 2 heterocycles. The summed E-state index contributed by atoms with van der Waals surface area (Å²) in [5.74, 6) is 0.344. The molecule has 2 aliphatic rings. The number of rotatable bonds is 8. The van der Waals surface area contributed by atoms with E-state index in [0.29, 0.717) is 19.0 Å². The summed E-state index contributed by atoms with van der Waals surface area (Å²) in [6.07, 6.45) is 2.18. The zero-order valence-electron chi connectivity index (χ0n) is 16.5. The normalized spacial score (nSPS) is 25.1. The molecule has 2 amide bonds. The second kappa shape index (κ2) is 9.33. The Kier molecular flexibility index (Phi) is 6.85. The van der Waals surface area contributed by atoms with E-state index in [2.05, 4.69) is 27.7 Å². The zero-order chi connectivity index (χ0) is 19.2. The van der Waals surface area contributed by atoms with E-state index in [0.717, 1.165) is 39.0 Å². The topological polar surface area (TPSA) is 64.7 Å². The van der Waals surface area contributed by atoms with Crippen LogP contribution in [0.3, 0.4) is 0 Å². The van der Waals surface area contributed by atoms with Crippen molar-refractivity contribution in [2.45, 2.75) is 57.8 Å². The number of nitrogens with zero attached hydrogens (tertiary/aromatic N) is 2. The van der Waals surface area contributed by atoms with E-state index in [1.807, 2.05) is 36.9 Å². The van der Waals surface area contributed by atoms with E-state index in [4.69, 9.17) is 0 Å². The Labute approximate surface area is 162 Å². The van der Waals surface area contributed by atoms with Gasteiger partial charge in [-0.3, -0.25) is 14.5 Å². The average Bonchev–Trinajstić information content (AvgIpc) is 3.13. The molecule has 2 aliphatic heterocycles. The van der Waals surface area contributed by atoms with Crippen LogP contribution in [0.4, 0.5) is 0 Å². The van der Waals surface area contributed by atoms with Gasteiger partial charge in [0.1, 0.15) is 0 Å². The summed E-state index contributed by atoms with van der Waals surface area (Å²) in [6, 6.07) is 10.8. The van der Waals surface area contributed by atoms with Gasteiger partial charge in [0.15, 0.2) is 0 Å². The van der Waals surface area contributed by atoms with Crippen molar-refractivity contribution in [3.63, 3.8) is 0 Å². The molecule has 0 spiro atoms. The molecule has 1 aromatic rings. The second-order valence-electron chi connectivity index (χ2n) is 7.52. The minimum Gasteiger partial charge on any atom is -0.353 e. The van der Waals surface area contributed by atoms with Crippen LogP contribution in [0.25, 0.3) is 0 Å². The molecule has 2 saturated heterocycles. The van der Waals surface area contributed by atoms with E-state index < -0.39 is 0 Å². The number of amides is 2. The maximum atomic E-state index is 12.3. The lowest BCUT2D eigenvalue weighted by Gasteiger charge is -2.37. The van der Waals surface area contributed by atoms with Gasteiger partial charge < -0.3 is 15.5 Å². The molecule has 0 aliphatic carbocycles. The molecule has 148 valence electrons. The maximum absolute atomic E-state index is 12.3. The summed E-state index contributed by atoms with van der Waals surface area (Å²) in [7, 11) is 0. The van der Waals surface area contributed by atoms with E-state index in [9.17, 15) is 9.59 Å². The van der Waals surface area contributed by atoms with Crippen molar-refractivity contribution < 1.29 is 9.59 Å². The summed E-state index contributed by atoms with van der Waals surface area (Å²) in [5.41, 5.74) is 1.26. The van der Waals surface area contributed by atoms with Gasteiger partial charge in [-0.15, -0.1) is 0 Å². The highest BCUT2D eigenvalue weighted by molar-refractivity contribution is 5.83. The summed E-state index contributed by atoms with van der Waals surface area (Å²) in [6.45, 7) is 7.88. The predicted molar refractivity (Wildman–Crippen MR) is 106 cm³/mol. The third-order valence-corrected chi connectivity index (χ3v) is 5.87. The minimum absolute atomic E-state index is 0.0689. The van der Waals surface area contributed by atoms with Gasteiger partial charge in [0.2, 0.25) is 11.8 Å². The fourth-order valence-electron chi connectivity index (χ4n) is 4.27. The molecule has 3 rings (SSSR count). The zero-order valence-corrected chi connectivity index (χ0v) is 16.5. The molecular formula is C21H32N4O2. The number of fused-ring (bicyclic) bond motifs is 1. The molecule has 0 aromatic heterocycles. The highest BCUT2D eigenvalue weighted by Crippen LogP contribution is 2.26. The monoisotopic (exact) mass is 372 g/mol. The van der Waals surface area contributed by atoms with Gasteiger partial charge in [-0.25, -0.2) is 0 Å². The smallest absolute Gasteiger partial charge is 0.237 e. The van der Waals surface area contributed by atoms with Gasteiger partial charge in [0, 0.05) is 51.2 Å². The number of hydrogen-bond acceptors (Lipinski definition) is 4. The van der Waals surface area contributed by atoms with E-state index in [-0.39, 0.29) is 23.9 Å². The number of benzene rings is 1. The quantitative estimate of drug-likeness (QED) is 0.723. The van der Waals surface area contributed by atoms with Crippen molar-refractivity contribution in [2.24, 2.45) is 0 Å². The van der Waals surface area contributed by atoms with Crippen LogP contribution >= 0.6 is 0 Å².